The number of hydrogen-bond acceptors (Lipinski definition) is 3. The predicted octanol–water partition coefficient (Wildman–Crippen LogP) is 2.90. The van der Waals surface area contributed by atoms with Crippen molar-refractivity contribution in [3.8, 4) is 0 Å². The number of aliphatic hydroxyl groups is 1. The zero-order valence-electron chi connectivity index (χ0n) is 9.16. The molecule has 0 aliphatic carbocycles. The van der Waals surface area contributed by atoms with Gasteiger partial charge >= 0.3 is 0 Å². The van der Waals surface area contributed by atoms with E-state index in [9.17, 15) is 5.11 Å². The molecule has 0 aliphatic heterocycles. The third kappa shape index (κ3) is 4.98. The molecule has 1 rings (SSSR count). The van der Waals surface area contributed by atoms with Crippen LogP contribution >= 0.6 is 22.9 Å². The Hall–Kier alpha value is -0.0900. The molecule has 1 aromatic rings. The number of nitrogens with one attached hydrogen (secondary N) is 1. The second-order valence-corrected chi connectivity index (χ2v) is 5.42. The molecule has 0 bridgehead atoms. The number of hydrogen-bond donors (Lipinski definition) is 2. The molecule has 1 aromatic heterocycles. The Morgan fingerprint density at radius 1 is 1.53 bits per heavy atom. The van der Waals surface area contributed by atoms with Crippen LogP contribution in [0.25, 0.3) is 0 Å². The number of thiophene rings is 1. The molecule has 2 nitrogen and oxygen atoms in total. The van der Waals surface area contributed by atoms with Crippen LogP contribution in [0.15, 0.2) is 11.4 Å². The number of halogens is 1. The fourth-order valence-corrected chi connectivity index (χ4v) is 2.62. The van der Waals surface area contributed by atoms with E-state index in [1.54, 1.807) is 11.3 Å². The minimum absolute atomic E-state index is 0.216. The first-order chi connectivity index (χ1) is 7.09. The summed E-state index contributed by atoms with van der Waals surface area (Å²) in [7, 11) is 0. The van der Waals surface area contributed by atoms with E-state index < -0.39 is 0 Å². The van der Waals surface area contributed by atoms with Crippen molar-refractivity contribution >= 4 is 22.9 Å². The van der Waals surface area contributed by atoms with Crippen LogP contribution in [0, 0.1) is 5.92 Å². The van der Waals surface area contributed by atoms with Crippen LogP contribution in [0.3, 0.4) is 0 Å². The first kappa shape index (κ1) is 13.0. The van der Waals surface area contributed by atoms with Crippen molar-refractivity contribution in [3.05, 3.63) is 21.3 Å². The molecule has 2 N–H and O–H groups in total. The maximum absolute atomic E-state index is 9.20. The van der Waals surface area contributed by atoms with Crippen molar-refractivity contribution in [2.24, 2.45) is 5.92 Å². The zero-order valence-corrected chi connectivity index (χ0v) is 10.7. The van der Waals surface area contributed by atoms with Gasteiger partial charge in [-0.1, -0.05) is 18.5 Å². The standard InChI is InChI=1S/C11H18ClNOS/c1-8(5-9(2)14)6-13-7-11-10(12)3-4-15-11/h3-4,8-9,13-14H,5-7H2,1-2H3/t8-,9-/m1/s1. The Kier molecular flexibility index (Phi) is 5.61. The van der Waals surface area contributed by atoms with Crippen LogP contribution in [0.4, 0.5) is 0 Å². The molecule has 15 heavy (non-hydrogen) atoms. The van der Waals surface area contributed by atoms with Crippen LogP contribution in [-0.4, -0.2) is 17.8 Å². The average molecular weight is 248 g/mol. The molecule has 0 saturated heterocycles. The molecule has 0 amide bonds. The average Bonchev–Trinajstić information content (AvgIpc) is 2.50. The molecule has 0 aliphatic rings. The van der Waals surface area contributed by atoms with Crippen molar-refractivity contribution < 1.29 is 5.11 Å². The monoisotopic (exact) mass is 247 g/mol. The summed E-state index contributed by atoms with van der Waals surface area (Å²) in [6.45, 7) is 5.70. The van der Waals surface area contributed by atoms with Crippen molar-refractivity contribution in [1.82, 2.24) is 5.32 Å². The maximum atomic E-state index is 9.20. The van der Waals surface area contributed by atoms with Gasteiger partial charge in [-0.25, -0.2) is 0 Å². The molecule has 0 aromatic carbocycles. The molecule has 0 radical (unpaired) electrons. The highest BCUT2D eigenvalue weighted by molar-refractivity contribution is 7.10. The Labute approximate surface area is 100 Å². The summed E-state index contributed by atoms with van der Waals surface area (Å²) in [4.78, 5) is 1.18. The largest absolute Gasteiger partial charge is 0.393 e. The lowest BCUT2D eigenvalue weighted by Crippen LogP contribution is -2.22. The molecule has 86 valence electrons. The van der Waals surface area contributed by atoms with Gasteiger partial charge in [0.15, 0.2) is 0 Å². The lowest BCUT2D eigenvalue weighted by Gasteiger charge is -2.13. The van der Waals surface area contributed by atoms with Gasteiger partial charge in [-0.3, -0.25) is 0 Å². The van der Waals surface area contributed by atoms with E-state index in [2.05, 4.69) is 12.2 Å². The smallest absolute Gasteiger partial charge is 0.0558 e. The lowest BCUT2D eigenvalue weighted by molar-refractivity contribution is 0.163. The maximum Gasteiger partial charge on any atom is 0.0558 e. The van der Waals surface area contributed by atoms with Crippen molar-refractivity contribution in [1.29, 1.82) is 0 Å². The second kappa shape index (κ2) is 6.48. The lowest BCUT2D eigenvalue weighted by atomic mass is 10.1. The number of rotatable bonds is 6. The predicted molar refractivity (Wildman–Crippen MR) is 66.5 cm³/mol. The van der Waals surface area contributed by atoms with Gasteiger partial charge in [0, 0.05) is 11.4 Å². The minimum Gasteiger partial charge on any atom is -0.393 e. The van der Waals surface area contributed by atoms with Crippen LogP contribution in [-0.2, 0) is 6.54 Å². The first-order valence-corrected chi connectivity index (χ1v) is 6.46. The topological polar surface area (TPSA) is 32.3 Å². The molecule has 2 atom stereocenters. The summed E-state index contributed by atoms with van der Waals surface area (Å²) in [5, 5.41) is 15.4. The van der Waals surface area contributed by atoms with E-state index in [1.807, 2.05) is 18.4 Å². The summed E-state index contributed by atoms with van der Waals surface area (Å²) < 4.78 is 0. The van der Waals surface area contributed by atoms with Crippen molar-refractivity contribution in [3.63, 3.8) is 0 Å². The molecular weight excluding hydrogens is 230 g/mol. The highest BCUT2D eigenvalue weighted by Crippen LogP contribution is 2.21. The summed E-state index contributed by atoms with van der Waals surface area (Å²) in [5.41, 5.74) is 0. The van der Waals surface area contributed by atoms with E-state index in [0.29, 0.717) is 5.92 Å². The first-order valence-electron chi connectivity index (χ1n) is 5.20. The van der Waals surface area contributed by atoms with Crippen molar-refractivity contribution in [2.45, 2.75) is 32.9 Å². The highest BCUT2D eigenvalue weighted by atomic mass is 35.5. The molecule has 4 heteroatoms. The SMILES string of the molecule is C[C@@H](CNCc1sccc1Cl)C[C@@H](C)O. The van der Waals surface area contributed by atoms with Crippen LogP contribution in [0.5, 0.6) is 0 Å². The van der Waals surface area contributed by atoms with E-state index >= 15 is 0 Å². The molecular formula is C11H18ClNOS. The quantitative estimate of drug-likeness (QED) is 0.810. The summed E-state index contributed by atoms with van der Waals surface area (Å²) in [6, 6.07) is 1.92. The molecule has 0 unspecified atom stereocenters. The summed E-state index contributed by atoms with van der Waals surface area (Å²) >= 11 is 7.64. The number of aliphatic hydroxyl groups excluding tert-OH is 1. The van der Waals surface area contributed by atoms with Gasteiger partial charge in [-0.05, 0) is 37.3 Å². The Bertz CT molecular complexity index is 288. The Morgan fingerprint density at radius 3 is 2.80 bits per heavy atom. The van der Waals surface area contributed by atoms with E-state index in [4.69, 9.17) is 11.6 Å². The van der Waals surface area contributed by atoms with Crippen molar-refractivity contribution in [2.75, 3.05) is 6.54 Å². The molecule has 0 fully saturated rings. The van der Waals surface area contributed by atoms with E-state index in [0.717, 1.165) is 24.5 Å². The fourth-order valence-electron chi connectivity index (χ4n) is 1.55. The van der Waals surface area contributed by atoms with E-state index in [-0.39, 0.29) is 6.10 Å². The normalized spacial score (nSPS) is 15.2. The molecule has 1 heterocycles. The summed E-state index contributed by atoms with van der Waals surface area (Å²) in [5.74, 6) is 0.490. The Balaban J connectivity index is 2.19. The fraction of sp³-hybridized carbons (Fsp3) is 0.636. The van der Waals surface area contributed by atoms with Gasteiger partial charge in [0.2, 0.25) is 0 Å². The van der Waals surface area contributed by atoms with Gasteiger partial charge < -0.3 is 10.4 Å². The Morgan fingerprint density at radius 2 is 2.27 bits per heavy atom. The van der Waals surface area contributed by atoms with Gasteiger partial charge in [0.1, 0.15) is 0 Å². The van der Waals surface area contributed by atoms with Gasteiger partial charge in [0.05, 0.1) is 11.1 Å². The van der Waals surface area contributed by atoms with Gasteiger partial charge in [-0.2, -0.15) is 0 Å². The third-order valence-electron chi connectivity index (χ3n) is 2.21. The van der Waals surface area contributed by atoms with E-state index in [1.165, 1.54) is 4.88 Å². The molecule has 0 spiro atoms. The van der Waals surface area contributed by atoms with Crippen LogP contribution in [0.1, 0.15) is 25.1 Å². The van der Waals surface area contributed by atoms with Gasteiger partial charge in [0.25, 0.3) is 0 Å². The van der Waals surface area contributed by atoms with Crippen LogP contribution < -0.4 is 5.32 Å². The minimum atomic E-state index is -0.216. The zero-order chi connectivity index (χ0) is 11.3. The third-order valence-corrected chi connectivity index (χ3v) is 3.60. The van der Waals surface area contributed by atoms with Crippen LogP contribution in [0.2, 0.25) is 5.02 Å². The summed E-state index contributed by atoms with van der Waals surface area (Å²) in [6.07, 6.45) is 0.623. The van der Waals surface area contributed by atoms with Gasteiger partial charge in [-0.15, -0.1) is 11.3 Å². The highest BCUT2D eigenvalue weighted by Gasteiger charge is 2.06. The molecule has 0 saturated carbocycles. The second-order valence-electron chi connectivity index (χ2n) is 4.01.